The lowest BCUT2D eigenvalue weighted by atomic mass is 10.1. The van der Waals surface area contributed by atoms with Gasteiger partial charge >= 0.3 is 6.03 Å². The first-order valence-electron chi connectivity index (χ1n) is 6.28. The van der Waals surface area contributed by atoms with Gasteiger partial charge in [-0.25, -0.2) is 9.78 Å². The highest BCUT2D eigenvalue weighted by Gasteiger charge is 2.12. The highest BCUT2D eigenvalue weighted by Crippen LogP contribution is 2.29. The molecule has 1 aromatic carbocycles. The number of carbonyl (C=O) groups excluding carboxylic acids is 1. The van der Waals surface area contributed by atoms with Gasteiger partial charge in [0.25, 0.3) is 0 Å². The first-order valence-corrected chi connectivity index (χ1v) is 7.03. The molecule has 0 fully saturated rings. The van der Waals surface area contributed by atoms with Crippen LogP contribution in [0.3, 0.4) is 0 Å². The van der Waals surface area contributed by atoms with E-state index in [1.807, 2.05) is 0 Å². The van der Waals surface area contributed by atoms with Crippen LogP contribution in [0.4, 0.5) is 20.6 Å². The number of nitrogens with zero attached hydrogens (tertiary/aromatic N) is 1. The van der Waals surface area contributed by atoms with Gasteiger partial charge in [0.15, 0.2) is 0 Å². The van der Waals surface area contributed by atoms with Crippen LogP contribution in [0, 0.1) is 5.95 Å². The van der Waals surface area contributed by atoms with Crippen molar-refractivity contribution in [1.82, 2.24) is 4.98 Å². The molecule has 0 spiro atoms. The van der Waals surface area contributed by atoms with E-state index in [-0.39, 0.29) is 18.7 Å². The molecule has 5 nitrogen and oxygen atoms in total. The van der Waals surface area contributed by atoms with Gasteiger partial charge in [0.2, 0.25) is 5.95 Å². The number of carbonyl (C=O) groups is 1. The molecule has 2 aromatic rings. The third-order valence-electron chi connectivity index (χ3n) is 2.75. The molecule has 116 valence electrons. The number of halogens is 3. The number of rotatable bonds is 4. The minimum atomic E-state index is -0.704. The van der Waals surface area contributed by atoms with Crippen LogP contribution >= 0.6 is 23.2 Å². The molecule has 0 aliphatic heterocycles. The number of urea groups is 1. The first kappa shape index (κ1) is 16.5. The summed E-state index contributed by atoms with van der Waals surface area (Å²) in [4.78, 5) is 15.4. The third kappa shape index (κ3) is 4.30. The Bertz CT molecular complexity index is 698. The second-order valence-electron chi connectivity index (χ2n) is 4.33. The van der Waals surface area contributed by atoms with Crippen molar-refractivity contribution in [3.63, 3.8) is 0 Å². The Kier molecular flexibility index (Phi) is 5.54. The molecule has 0 saturated heterocycles. The zero-order valence-electron chi connectivity index (χ0n) is 11.2. The summed E-state index contributed by atoms with van der Waals surface area (Å²) in [6.07, 6.45) is 1.49. The van der Waals surface area contributed by atoms with Crippen LogP contribution in [-0.4, -0.2) is 22.7 Å². The Morgan fingerprint density at radius 2 is 2.05 bits per heavy atom. The van der Waals surface area contributed by atoms with Gasteiger partial charge in [-0.05, 0) is 30.2 Å². The van der Waals surface area contributed by atoms with E-state index >= 15 is 0 Å². The number of aliphatic hydroxyl groups excluding tert-OH is 1. The van der Waals surface area contributed by atoms with Gasteiger partial charge in [0.05, 0.1) is 0 Å². The molecule has 0 unspecified atom stereocenters. The lowest BCUT2D eigenvalue weighted by Crippen LogP contribution is -2.20. The molecule has 22 heavy (non-hydrogen) atoms. The molecule has 0 bridgehead atoms. The van der Waals surface area contributed by atoms with E-state index in [9.17, 15) is 9.18 Å². The van der Waals surface area contributed by atoms with Crippen molar-refractivity contribution in [2.75, 3.05) is 17.2 Å². The fraction of sp³-hybridized carbons (Fsp3) is 0.143. The molecule has 1 aromatic heterocycles. The summed E-state index contributed by atoms with van der Waals surface area (Å²) < 4.78 is 13.0. The molecule has 1 heterocycles. The third-order valence-corrected chi connectivity index (χ3v) is 3.31. The minimum Gasteiger partial charge on any atom is -0.396 e. The predicted octanol–water partition coefficient (Wildman–Crippen LogP) is 3.71. The van der Waals surface area contributed by atoms with Gasteiger partial charge in [-0.2, -0.15) is 4.39 Å². The van der Waals surface area contributed by atoms with Crippen molar-refractivity contribution < 1.29 is 14.3 Å². The van der Waals surface area contributed by atoms with Crippen molar-refractivity contribution in [3.05, 3.63) is 52.0 Å². The maximum absolute atomic E-state index is 13.0. The van der Waals surface area contributed by atoms with Crippen LogP contribution < -0.4 is 10.6 Å². The van der Waals surface area contributed by atoms with E-state index < -0.39 is 12.0 Å². The van der Waals surface area contributed by atoms with Gasteiger partial charge in [-0.15, -0.1) is 0 Å². The summed E-state index contributed by atoms with van der Waals surface area (Å²) in [6, 6.07) is 4.98. The van der Waals surface area contributed by atoms with Crippen LogP contribution in [-0.2, 0) is 6.42 Å². The van der Waals surface area contributed by atoms with Gasteiger partial charge < -0.3 is 15.7 Å². The maximum Gasteiger partial charge on any atom is 0.323 e. The molecule has 0 saturated carbocycles. The lowest BCUT2D eigenvalue weighted by Gasteiger charge is -2.13. The van der Waals surface area contributed by atoms with Crippen molar-refractivity contribution in [2.24, 2.45) is 0 Å². The van der Waals surface area contributed by atoms with Crippen LogP contribution in [0.2, 0.25) is 10.0 Å². The number of hydrogen-bond donors (Lipinski definition) is 3. The summed E-state index contributed by atoms with van der Waals surface area (Å²) in [7, 11) is 0. The van der Waals surface area contributed by atoms with Crippen molar-refractivity contribution in [1.29, 1.82) is 0 Å². The van der Waals surface area contributed by atoms with Crippen molar-refractivity contribution >= 4 is 40.6 Å². The zero-order valence-corrected chi connectivity index (χ0v) is 12.7. The van der Waals surface area contributed by atoms with E-state index in [0.717, 1.165) is 6.07 Å². The molecule has 0 atom stereocenters. The molecule has 0 aliphatic rings. The summed E-state index contributed by atoms with van der Waals surface area (Å²) in [5.74, 6) is -0.704. The molecule has 2 rings (SSSR count). The van der Waals surface area contributed by atoms with Gasteiger partial charge in [0.1, 0.15) is 0 Å². The van der Waals surface area contributed by atoms with E-state index in [0.29, 0.717) is 21.3 Å². The Morgan fingerprint density at radius 1 is 1.27 bits per heavy atom. The highest BCUT2D eigenvalue weighted by atomic mass is 35.5. The minimum absolute atomic E-state index is 0.132. The average molecular weight is 344 g/mol. The largest absolute Gasteiger partial charge is 0.396 e. The monoisotopic (exact) mass is 343 g/mol. The van der Waals surface area contributed by atoms with Crippen LogP contribution in [0.15, 0.2) is 30.5 Å². The average Bonchev–Trinajstić information content (AvgIpc) is 2.42. The molecule has 8 heteroatoms. The topological polar surface area (TPSA) is 74.2 Å². The molecule has 0 aliphatic carbocycles. The van der Waals surface area contributed by atoms with Crippen LogP contribution in [0.5, 0.6) is 0 Å². The standard InChI is InChI=1S/C14H12Cl2FN3O2/c15-8-5-11(16)10(2-4-21)12(6-8)20-14(22)19-9-1-3-18-13(17)7-9/h1,3,5-7,21H,2,4H2,(H2,18,19,20,22). The Morgan fingerprint density at radius 3 is 2.73 bits per heavy atom. The molecule has 0 radical (unpaired) electrons. The summed E-state index contributed by atoms with van der Waals surface area (Å²) in [6.45, 7) is -0.132. The van der Waals surface area contributed by atoms with E-state index in [1.165, 1.54) is 24.4 Å². The van der Waals surface area contributed by atoms with Crippen molar-refractivity contribution in [3.8, 4) is 0 Å². The maximum atomic E-state index is 13.0. The normalized spacial score (nSPS) is 10.4. The second-order valence-corrected chi connectivity index (χ2v) is 5.18. The molecule has 2 amide bonds. The van der Waals surface area contributed by atoms with Crippen molar-refractivity contribution in [2.45, 2.75) is 6.42 Å². The summed E-state index contributed by atoms with van der Waals surface area (Å²) in [5.41, 5.74) is 1.19. The second kappa shape index (κ2) is 7.40. The number of amides is 2. The predicted molar refractivity (Wildman–Crippen MR) is 84.1 cm³/mol. The van der Waals surface area contributed by atoms with E-state index in [1.54, 1.807) is 0 Å². The molecular weight excluding hydrogens is 332 g/mol. The zero-order chi connectivity index (χ0) is 16.1. The number of pyridine rings is 1. The van der Waals surface area contributed by atoms with Crippen LogP contribution in [0.25, 0.3) is 0 Å². The highest BCUT2D eigenvalue weighted by molar-refractivity contribution is 6.35. The van der Waals surface area contributed by atoms with Gasteiger partial charge in [-0.1, -0.05) is 23.2 Å². The lowest BCUT2D eigenvalue weighted by molar-refractivity contribution is 0.262. The Hall–Kier alpha value is -1.89. The number of aliphatic hydroxyl groups is 1. The SMILES string of the molecule is O=C(Nc1ccnc(F)c1)Nc1cc(Cl)cc(Cl)c1CCO. The molecule has 3 N–H and O–H groups in total. The smallest absolute Gasteiger partial charge is 0.323 e. The molecular formula is C14H12Cl2FN3O2. The quantitative estimate of drug-likeness (QED) is 0.741. The van der Waals surface area contributed by atoms with Gasteiger partial charge in [-0.3, -0.25) is 0 Å². The Balaban J connectivity index is 2.17. The number of benzene rings is 1. The van der Waals surface area contributed by atoms with E-state index in [2.05, 4.69) is 15.6 Å². The number of hydrogen-bond acceptors (Lipinski definition) is 3. The van der Waals surface area contributed by atoms with Crippen LogP contribution in [0.1, 0.15) is 5.56 Å². The summed E-state index contributed by atoms with van der Waals surface area (Å²) >= 11 is 12.0. The first-order chi connectivity index (χ1) is 10.5. The summed E-state index contributed by atoms with van der Waals surface area (Å²) in [5, 5.41) is 14.8. The fourth-order valence-corrected chi connectivity index (χ4v) is 2.43. The number of anilines is 2. The van der Waals surface area contributed by atoms with E-state index in [4.69, 9.17) is 28.3 Å². The number of aromatic nitrogens is 1. The van der Waals surface area contributed by atoms with Gasteiger partial charge in [0, 0.05) is 40.3 Å². The fourth-order valence-electron chi connectivity index (χ4n) is 1.85. The number of nitrogens with one attached hydrogen (secondary N) is 2. The Labute approximate surface area is 136 Å².